The summed E-state index contributed by atoms with van der Waals surface area (Å²) >= 11 is 1.85. The van der Waals surface area contributed by atoms with Crippen LogP contribution in [-0.4, -0.2) is 17.8 Å². The summed E-state index contributed by atoms with van der Waals surface area (Å²) in [6, 6.07) is 23.2. The maximum atomic E-state index is 9.11. The van der Waals surface area contributed by atoms with E-state index in [9.17, 15) is 0 Å². The molecule has 3 N–H and O–H groups in total. The zero-order valence-corrected chi connectivity index (χ0v) is 17.8. The van der Waals surface area contributed by atoms with Crippen molar-refractivity contribution >= 4 is 24.2 Å². The first-order valence-corrected chi connectivity index (χ1v) is 10.7. The molecule has 3 nitrogen and oxygen atoms in total. The zero-order valence-electron chi connectivity index (χ0n) is 16.2. The fraction of sp³-hybridized carbons (Fsp3) is 0.250. The van der Waals surface area contributed by atoms with Gasteiger partial charge in [-0.3, -0.25) is 0 Å². The van der Waals surface area contributed by atoms with Gasteiger partial charge in [0, 0.05) is 28.7 Å². The van der Waals surface area contributed by atoms with Gasteiger partial charge in [-0.05, 0) is 53.8 Å². The lowest BCUT2D eigenvalue weighted by Crippen LogP contribution is -2.24. The van der Waals surface area contributed by atoms with Crippen LogP contribution in [0.1, 0.15) is 28.7 Å². The van der Waals surface area contributed by atoms with E-state index in [1.165, 1.54) is 27.1 Å². The summed E-state index contributed by atoms with van der Waals surface area (Å²) < 4.78 is 6.12. The van der Waals surface area contributed by atoms with Crippen molar-refractivity contribution in [1.82, 2.24) is 0 Å². The van der Waals surface area contributed by atoms with Crippen molar-refractivity contribution in [3.05, 3.63) is 89.0 Å². The standard InChI is InChI=1S/C24H25NO2S.ClH/c25-21(15-26)8-6-17-7-10-23-19(12-17)13-20-14-22(9-11-24(20)27-23)28-16-18-4-2-1-3-5-18;/h1-5,7,9-12,14,21,26H,6,8,13,15-16,25H2;1H. The molecule has 1 aliphatic heterocycles. The summed E-state index contributed by atoms with van der Waals surface area (Å²) in [5.41, 5.74) is 10.8. The Balaban J connectivity index is 0.00000240. The molecule has 0 aliphatic carbocycles. The number of aliphatic hydroxyl groups excluding tert-OH is 1. The molecule has 0 saturated heterocycles. The van der Waals surface area contributed by atoms with Gasteiger partial charge in [-0.1, -0.05) is 42.5 Å². The Morgan fingerprint density at radius 3 is 2.41 bits per heavy atom. The molecule has 1 unspecified atom stereocenters. The fourth-order valence-electron chi connectivity index (χ4n) is 3.42. The molecule has 5 heteroatoms. The van der Waals surface area contributed by atoms with Crippen LogP contribution in [0, 0.1) is 0 Å². The van der Waals surface area contributed by atoms with Crippen molar-refractivity contribution in [3.63, 3.8) is 0 Å². The normalized spacial score (nSPS) is 12.9. The maximum absolute atomic E-state index is 9.11. The Morgan fingerprint density at radius 1 is 0.931 bits per heavy atom. The van der Waals surface area contributed by atoms with Crippen molar-refractivity contribution in [1.29, 1.82) is 0 Å². The Hall–Kier alpha value is -1.98. The Bertz CT molecular complexity index is 949. The van der Waals surface area contributed by atoms with E-state index in [1.54, 1.807) is 0 Å². The number of aliphatic hydroxyl groups is 1. The van der Waals surface area contributed by atoms with Crippen LogP contribution >= 0.6 is 24.2 Å². The molecule has 3 aromatic rings. The van der Waals surface area contributed by atoms with Gasteiger partial charge in [-0.2, -0.15) is 0 Å². The molecule has 3 aromatic carbocycles. The molecule has 1 aliphatic rings. The highest BCUT2D eigenvalue weighted by atomic mass is 35.5. The second-order valence-corrected chi connectivity index (χ2v) is 8.29. The molecule has 0 spiro atoms. The summed E-state index contributed by atoms with van der Waals surface area (Å²) in [4.78, 5) is 1.26. The van der Waals surface area contributed by atoms with Gasteiger partial charge >= 0.3 is 0 Å². The Kier molecular flexibility index (Phi) is 7.62. The lowest BCUT2D eigenvalue weighted by molar-refractivity contribution is 0.260. The monoisotopic (exact) mass is 427 g/mol. The van der Waals surface area contributed by atoms with E-state index in [0.29, 0.717) is 0 Å². The Labute approximate surface area is 182 Å². The first kappa shape index (κ1) is 21.7. The van der Waals surface area contributed by atoms with E-state index in [4.69, 9.17) is 15.6 Å². The molecule has 152 valence electrons. The van der Waals surface area contributed by atoms with Crippen LogP contribution in [0.3, 0.4) is 0 Å². The van der Waals surface area contributed by atoms with Crippen LogP contribution in [0.4, 0.5) is 0 Å². The van der Waals surface area contributed by atoms with Crippen molar-refractivity contribution < 1.29 is 9.84 Å². The van der Waals surface area contributed by atoms with Gasteiger partial charge < -0.3 is 15.6 Å². The van der Waals surface area contributed by atoms with Gasteiger partial charge in [0.1, 0.15) is 11.5 Å². The molecule has 0 aromatic heterocycles. The summed E-state index contributed by atoms with van der Waals surface area (Å²) in [6.45, 7) is 0.0326. The quantitative estimate of drug-likeness (QED) is 0.390. The summed E-state index contributed by atoms with van der Waals surface area (Å²) in [5, 5.41) is 9.11. The van der Waals surface area contributed by atoms with E-state index >= 15 is 0 Å². The molecule has 1 heterocycles. The SMILES string of the molecule is Cl.NC(CO)CCc1ccc2c(c1)Cc1cc(SCc3ccccc3)ccc1O2. The average molecular weight is 428 g/mol. The number of rotatable bonds is 7. The molecule has 0 bridgehead atoms. The van der Waals surface area contributed by atoms with Gasteiger partial charge in [0.2, 0.25) is 0 Å². The highest BCUT2D eigenvalue weighted by molar-refractivity contribution is 7.98. The van der Waals surface area contributed by atoms with Crippen LogP contribution in [-0.2, 0) is 18.6 Å². The third kappa shape index (κ3) is 5.55. The molecule has 0 fully saturated rings. The number of hydrogen-bond acceptors (Lipinski definition) is 4. The molecule has 1 atom stereocenters. The zero-order chi connectivity index (χ0) is 19.3. The summed E-state index contributed by atoms with van der Waals surface area (Å²) in [7, 11) is 0. The lowest BCUT2D eigenvalue weighted by atomic mass is 9.96. The fourth-order valence-corrected chi connectivity index (χ4v) is 4.33. The maximum Gasteiger partial charge on any atom is 0.131 e. The number of thioether (sulfide) groups is 1. The number of fused-ring (bicyclic) bond motifs is 2. The largest absolute Gasteiger partial charge is 0.457 e. The van der Waals surface area contributed by atoms with Crippen molar-refractivity contribution in [2.45, 2.75) is 36.0 Å². The Morgan fingerprint density at radius 2 is 1.66 bits per heavy atom. The molecule has 29 heavy (non-hydrogen) atoms. The number of aryl methyl sites for hydroxylation is 1. The van der Waals surface area contributed by atoms with Gasteiger partial charge in [-0.25, -0.2) is 0 Å². The molecule has 4 rings (SSSR count). The van der Waals surface area contributed by atoms with E-state index in [2.05, 4.69) is 60.7 Å². The number of halogens is 1. The minimum Gasteiger partial charge on any atom is -0.457 e. The minimum absolute atomic E-state index is 0. The highest BCUT2D eigenvalue weighted by Gasteiger charge is 2.18. The third-order valence-corrected chi connectivity index (χ3v) is 6.11. The van der Waals surface area contributed by atoms with Gasteiger partial charge in [-0.15, -0.1) is 24.2 Å². The van der Waals surface area contributed by atoms with Crippen molar-refractivity contribution in [2.75, 3.05) is 6.61 Å². The average Bonchev–Trinajstić information content (AvgIpc) is 2.75. The minimum atomic E-state index is -0.155. The highest BCUT2D eigenvalue weighted by Crippen LogP contribution is 2.39. The van der Waals surface area contributed by atoms with Gasteiger partial charge in [0.15, 0.2) is 0 Å². The third-order valence-electron chi connectivity index (χ3n) is 5.04. The lowest BCUT2D eigenvalue weighted by Gasteiger charge is -2.22. The van der Waals surface area contributed by atoms with Crippen LogP contribution in [0.2, 0.25) is 0 Å². The smallest absolute Gasteiger partial charge is 0.131 e. The van der Waals surface area contributed by atoms with Crippen LogP contribution in [0.5, 0.6) is 11.5 Å². The summed E-state index contributed by atoms with van der Waals surface area (Å²) in [5.74, 6) is 2.85. The van der Waals surface area contributed by atoms with E-state index in [-0.39, 0.29) is 25.1 Å². The number of hydrogen-bond donors (Lipinski definition) is 2. The molecule has 0 radical (unpaired) electrons. The van der Waals surface area contributed by atoms with E-state index in [0.717, 1.165) is 36.5 Å². The van der Waals surface area contributed by atoms with Crippen LogP contribution in [0.25, 0.3) is 0 Å². The second kappa shape index (κ2) is 10.2. The van der Waals surface area contributed by atoms with E-state index in [1.807, 2.05) is 17.8 Å². The predicted molar refractivity (Wildman–Crippen MR) is 122 cm³/mol. The molecule has 0 amide bonds. The number of nitrogens with two attached hydrogens (primary N) is 1. The molecular formula is C24H26ClNO2S. The first-order valence-electron chi connectivity index (χ1n) is 9.67. The van der Waals surface area contributed by atoms with Crippen molar-refractivity contribution in [3.8, 4) is 11.5 Å². The van der Waals surface area contributed by atoms with Crippen molar-refractivity contribution in [2.24, 2.45) is 5.73 Å². The molecular weight excluding hydrogens is 402 g/mol. The second-order valence-electron chi connectivity index (χ2n) is 7.25. The topological polar surface area (TPSA) is 55.5 Å². The van der Waals surface area contributed by atoms with Gasteiger partial charge in [0.25, 0.3) is 0 Å². The number of benzene rings is 3. The van der Waals surface area contributed by atoms with E-state index < -0.39 is 0 Å². The van der Waals surface area contributed by atoms with Gasteiger partial charge in [0.05, 0.1) is 6.61 Å². The van der Waals surface area contributed by atoms with Crippen LogP contribution in [0.15, 0.2) is 71.6 Å². The predicted octanol–water partition coefficient (Wildman–Crippen LogP) is 5.35. The first-order chi connectivity index (χ1) is 13.7. The molecule has 0 saturated carbocycles. The van der Waals surface area contributed by atoms with Crippen LogP contribution < -0.4 is 10.5 Å². The number of ether oxygens (including phenoxy) is 1. The summed E-state index contributed by atoms with van der Waals surface area (Å²) in [6.07, 6.45) is 2.53.